The molecule has 1 N–H and O–H groups in total. The molecule has 1 amide bonds. The van der Waals surface area contributed by atoms with Crippen LogP contribution in [0.3, 0.4) is 0 Å². The van der Waals surface area contributed by atoms with E-state index < -0.39 is 5.69 Å². The average molecular weight is 377 g/mol. The van der Waals surface area contributed by atoms with Crippen LogP contribution in [-0.4, -0.2) is 38.3 Å². The predicted octanol–water partition coefficient (Wildman–Crippen LogP) is 1.45. The van der Waals surface area contributed by atoms with Crippen molar-refractivity contribution in [1.82, 2.24) is 19.2 Å². The number of ether oxygens (including phenoxy) is 2. The zero-order valence-corrected chi connectivity index (χ0v) is 14.7. The zero-order chi connectivity index (χ0) is 19.1. The fraction of sp³-hybridized carbons (Fsp3) is 0.158. The number of fused-ring (bicyclic) bond motifs is 4. The van der Waals surface area contributed by atoms with Crippen molar-refractivity contribution in [3.05, 3.63) is 59.1 Å². The topological polar surface area (TPSA) is 99.8 Å². The molecule has 0 aliphatic carbocycles. The second kappa shape index (κ2) is 6.38. The van der Waals surface area contributed by atoms with Gasteiger partial charge in [-0.1, -0.05) is 12.1 Å². The molecule has 0 saturated carbocycles. The Morgan fingerprint density at radius 2 is 1.93 bits per heavy atom. The van der Waals surface area contributed by atoms with Gasteiger partial charge in [0.2, 0.25) is 5.91 Å². The number of hydrogen-bond donors (Lipinski definition) is 1. The van der Waals surface area contributed by atoms with Crippen molar-refractivity contribution in [2.45, 2.75) is 6.54 Å². The van der Waals surface area contributed by atoms with E-state index >= 15 is 0 Å². The van der Waals surface area contributed by atoms with Gasteiger partial charge in [0.05, 0.1) is 17.2 Å². The Kier molecular flexibility index (Phi) is 3.71. The third kappa shape index (κ3) is 2.73. The van der Waals surface area contributed by atoms with Gasteiger partial charge in [0.1, 0.15) is 19.8 Å². The minimum Gasteiger partial charge on any atom is -0.486 e. The molecule has 0 radical (unpaired) electrons. The molecular weight excluding hydrogens is 362 g/mol. The summed E-state index contributed by atoms with van der Waals surface area (Å²) in [7, 11) is 0. The number of aromatic nitrogens is 4. The molecule has 0 unspecified atom stereocenters. The maximum absolute atomic E-state index is 12.7. The van der Waals surface area contributed by atoms with Gasteiger partial charge in [0.15, 0.2) is 17.1 Å². The number of rotatable bonds is 3. The average Bonchev–Trinajstić information content (AvgIpc) is 3.03. The number of para-hydroxylation sites is 2. The summed E-state index contributed by atoms with van der Waals surface area (Å²) >= 11 is 0. The lowest BCUT2D eigenvalue weighted by atomic mass is 10.2. The van der Waals surface area contributed by atoms with Crippen LogP contribution in [-0.2, 0) is 11.3 Å². The van der Waals surface area contributed by atoms with E-state index in [1.807, 2.05) is 18.2 Å². The van der Waals surface area contributed by atoms with Crippen molar-refractivity contribution in [1.29, 1.82) is 0 Å². The molecule has 0 spiro atoms. The second-order valence-corrected chi connectivity index (χ2v) is 6.29. The van der Waals surface area contributed by atoms with E-state index in [1.54, 1.807) is 24.3 Å². The molecule has 2 aromatic carbocycles. The molecule has 1 aliphatic heterocycles. The first-order valence-corrected chi connectivity index (χ1v) is 8.72. The van der Waals surface area contributed by atoms with Gasteiger partial charge in [-0.25, -0.2) is 13.9 Å². The van der Waals surface area contributed by atoms with Gasteiger partial charge < -0.3 is 14.8 Å². The third-order valence-electron chi connectivity index (χ3n) is 4.43. The first-order chi connectivity index (χ1) is 13.7. The van der Waals surface area contributed by atoms with Crippen LogP contribution in [0, 0.1) is 0 Å². The number of hydrogen-bond acceptors (Lipinski definition) is 6. The van der Waals surface area contributed by atoms with E-state index in [0.29, 0.717) is 47.1 Å². The molecule has 4 aromatic rings. The van der Waals surface area contributed by atoms with Crippen LogP contribution < -0.4 is 20.5 Å². The molecule has 1 aliphatic rings. The van der Waals surface area contributed by atoms with Crippen LogP contribution >= 0.6 is 0 Å². The minimum atomic E-state index is -0.397. The van der Waals surface area contributed by atoms with Crippen molar-refractivity contribution in [2.75, 3.05) is 18.5 Å². The zero-order valence-electron chi connectivity index (χ0n) is 14.7. The molecule has 0 saturated heterocycles. The van der Waals surface area contributed by atoms with Gasteiger partial charge >= 0.3 is 5.69 Å². The fourth-order valence-corrected chi connectivity index (χ4v) is 3.18. The van der Waals surface area contributed by atoms with Gasteiger partial charge in [0.25, 0.3) is 0 Å². The summed E-state index contributed by atoms with van der Waals surface area (Å²) in [6, 6.07) is 12.4. The van der Waals surface area contributed by atoms with E-state index in [4.69, 9.17) is 9.47 Å². The number of benzene rings is 2. The highest BCUT2D eigenvalue weighted by atomic mass is 16.6. The lowest BCUT2D eigenvalue weighted by Crippen LogP contribution is -2.28. The van der Waals surface area contributed by atoms with Gasteiger partial charge in [-0.3, -0.25) is 9.78 Å². The molecule has 5 rings (SSSR count). The van der Waals surface area contributed by atoms with E-state index in [9.17, 15) is 9.59 Å². The first-order valence-electron chi connectivity index (χ1n) is 8.72. The normalized spacial score (nSPS) is 13.0. The van der Waals surface area contributed by atoms with Gasteiger partial charge in [-0.15, -0.1) is 5.10 Å². The molecule has 0 atom stereocenters. The molecule has 28 heavy (non-hydrogen) atoms. The standard InChI is InChI=1S/C19H15N5O4/c25-18(21-12-5-6-15-16(9-12)28-8-7-27-15)11-23-19(26)24-14-4-2-1-3-13(14)20-10-17(24)22-23/h1-6,9-10H,7-8,11H2,(H,21,25). The van der Waals surface area contributed by atoms with E-state index in [2.05, 4.69) is 15.4 Å². The van der Waals surface area contributed by atoms with E-state index in [0.717, 1.165) is 4.68 Å². The summed E-state index contributed by atoms with van der Waals surface area (Å²) < 4.78 is 13.5. The molecule has 9 nitrogen and oxygen atoms in total. The maximum atomic E-state index is 12.7. The largest absolute Gasteiger partial charge is 0.486 e. The minimum absolute atomic E-state index is 0.219. The highest BCUT2D eigenvalue weighted by Gasteiger charge is 2.15. The Balaban J connectivity index is 1.42. The summed E-state index contributed by atoms with van der Waals surface area (Å²) in [5, 5.41) is 6.96. The molecule has 0 bridgehead atoms. The summed E-state index contributed by atoms with van der Waals surface area (Å²) in [5.74, 6) is 0.839. The quantitative estimate of drug-likeness (QED) is 0.580. The number of nitrogens with zero attached hydrogens (tertiary/aromatic N) is 4. The van der Waals surface area contributed by atoms with Gasteiger partial charge in [-0.2, -0.15) is 0 Å². The van der Waals surface area contributed by atoms with Crippen molar-refractivity contribution in [3.63, 3.8) is 0 Å². The Morgan fingerprint density at radius 1 is 1.11 bits per heavy atom. The molecule has 0 fully saturated rings. The summed E-state index contributed by atoms with van der Waals surface area (Å²) in [4.78, 5) is 29.5. The highest BCUT2D eigenvalue weighted by Crippen LogP contribution is 2.32. The van der Waals surface area contributed by atoms with Crippen LogP contribution in [0.5, 0.6) is 11.5 Å². The number of carbonyl (C=O) groups is 1. The number of amides is 1. The monoisotopic (exact) mass is 377 g/mol. The fourth-order valence-electron chi connectivity index (χ4n) is 3.18. The smallest absolute Gasteiger partial charge is 0.351 e. The van der Waals surface area contributed by atoms with E-state index in [1.165, 1.54) is 10.6 Å². The van der Waals surface area contributed by atoms with Crippen LogP contribution in [0.15, 0.2) is 53.5 Å². The Hall–Kier alpha value is -3.88. The highest BCUT2D eigenvalue weighted by molar-refractivity contribution is 5.91. The number of anilines is 1. The van der Waals surface area contributed by atoms with Crippen molar-refractivity contribution in [3.8, 4) is 11.5 Å². The predicted molar refractivity (Wildman–Crippen MR) is 101 cm³/mol. The molecule has 3 heterocycles. The van der Waals surface area contributed by atoms with Crippen molar-refractivity contribution < 1.29 is 14.3 Å². The van der Waals surface area contributed by atoms with Crippen LogP contribution in [0.2, 0.25) is 0 Å². The summed E-state index contributed by atoms with van der Waals surface area (Å²) in [5.41, 5.74) is 1.86. The number of nitrogens with one attached hydrogen (secondary N) is 1. The SMILES string of the molecule is O=C(Cn1nc2cnc3ccccc3n2c1=O)Nc1ccc2c(c1)OCCO2. The summed E-state index contributed by atoms with van der Waals surface area (Å²) in [6.07, 6.45) is 1.51. The number of carbonyl (C=O) groups excluding carboxylic acids is 1. The van der Waals surface area contributed by atoms with Crippen molar-refractivity contribution in [2.24, 2.45) is 0 Å². The Morgan fingerprint density at radius 3 is 2.82 bits per heavy atom. The summed E-state index contributed by atoms with van der Waals surface area (Å²) in [6.45, 7) is 0.741. The Labute approximate surface area is 158 Å². The van der Waals surface area contributed by atoms with Crippen LogP contribution in [0.4, 0.5) is 5.69 Å². The second-order valence-electron chi connectivity index (χ2n) is 6.29. The maximum Gasteiger partial charge on any atom is 0.351 e. The first kappa shape index (κ1) is 16.3. The van der Waals surface area contributed by atoms with E-state index in [-0.39, 0.29) is 12.5 Å². The lowest BCUT2D eigenvalue weighted by molar-refractivity contribution is -0.117. The molecule has 2 aromatic heterocycles. The van der Waals surface area contributed by atoms with Crippen LogP contribution in [0.25, 0.3) is 16.7 Å². The van der Waals surface area contributed by atoms with Crippen LogP contribution in [0.1, 0.15) is 0 Å². The Bertz CT molecular complexity index is 1280. The van der Waals surface area contributed by atoms with Gasteiger partial charge in [-0.05, 0) is 24.3 Å². The lowest BCUT2D eigenvalue weighted by Gasteiger charge is -2.18. The third-order valence-corrected chi connectivity index (χ3v) is 4.43. The molecule has 140 valence electrons. The van der Waals surface area contributed by atoms with Gasteiger partial charge in [0, 0.05) is 11.8 Å². The van der Waals surface area contributed by atoms with Crippen molar-refractivity contribution >= 4 is 28.3 Å². The molecule has 9 heteroatoms. The molecular formula is C19H15N5O4.